The van der Waals surface area contributed by atoms with Crippen molar-refractivity contribution < 1.29 is 14.3 Å². The third-order valence-electron chi connectivity index (χ3n) is 2.48. The average molecular weight is 290 g/mol. The molecule has 0 N–H and O–H groups in total. The number of thiazole rings is 1. The van der Waals surface area contributed by atoms with Gasteiger partial charge < -0.3 is 4.74 Å². The lowest BCUT2D eigenvalue weighted by Gasteiger charge is -2.04. The topological polar surface area (TPSA) is 60.7 Å². The van der Waals surface area contributed by atoms with Gasteiger partial charge in [-0.15, -0.1) is 0 Å². The predicted octanol–water partition coefficient (Wildman–Crippen LogP) is 2.68. The lowest BCUT2D eigenvalue weighted by molar-refractivity contribution is -0.132. The molecule has 1 aromatic carbocycles. The van der Waals surface area contributed by atoms with E-state index in [1.54, 1.807) is 6.92 Å². The van der Waals surface area contributed by atoms with Crippen LogP contribution in [0, 0.1) is 6.92 Å². The third-order valence-corrected chi connectivity index (χ3v) is 3.41. The van der Waals surface area contributed by atoms with E-state index in [4.69, 9.17) is 4.74 Å². The summed E-state index contributed by atoms with van der Waals surface area (Å²) in [5, 5.41) is 0. The van der Waals surface area contributed by atoms with Gasteiger partial charge in [-0.25, -0.2) is 9.56 Å². The lowest BCUT2D eigenvalue weighted by Crippen LogP contribution is -2.22. The molecule has 2 aromatic rings. The Kier molecular flexibility index (Phi) is 4.14. The number of benzene rings is 1. The van der Waals surface area contributed by atoms with Crippen molar-refractivity contribution in [3.05, 3.63) is 40.0 Å². The summed E-state index contributed by atoms with van der Waals surface area (Å²) in [7, 11) is 0. The van der Waals surface area contributed by atoms with Gasteiger partial charge in [-0.1, -0.05) is 29.5 Å². The second-order valence-electron chi connectivity index (χ2n) is 4.14. The van der Waals surface area contributed by atoms with Crippen molar-refractivity contribution in [2.75, 3.05) is 0 Å². The number of para-hydroxylation sites is 1. The Morgan fingerprint density at radius 3 is 2.40 bits per heavy atom. The average Bonchev–Trinajstić information content (AvgIpc) is 2.66. The molecule has 0 aliphatic carbocycles. The summed E-state index contributed by atoms with van der Waals surface area (Å²) < 4.78 is 6.42. The monoisotopic (exact) mass is 290 g/mol. The van der Waals surface area contributed by atoms with E-state index in [2.05, 4.69) is 4.99 Å². The maximum absolute atomic E-state index is 11.8. The molecule has 6 heteroatoms. The molecule has 0 aliphatic rings. The van der Waals surface area contributed by atoms with Crippen molar-refractivity contribution in [3.8, 4) is 5.88 Å². The molecular weight excluding hydrogens is 276 g/mol. The molecule has 20 heavy (non-hydrogen) atoms. The number of esters is 1. The smallest absolute Gasteiger partial charge is 0.309 e. The molecule has 0 fully saturated rings. The van der Waals surface area contributed by atoms with Gasteiger partial charge in [0, 0.05) is 13.8 Å². The molecule has 0 bridgehead atoms. The molecule has 1 aromatic heterocycles. The molecule has 2 rings (SSSR count). The Hall–Kier alpha value is -2.21. The summed E-state index contributed by atoms with van der Waals surface area (Å²) in [6.07, 6.45) is 0. The van der Waals surface area contributed by atoms with Crippen molar-refractivity contribution in [2.24, 2.45) is 4.99 Å². The molecule has 0 radical (unpaired) electrons. The molecule has 0 saturated heterocycles. The molecule has 104 valence electrons. The molecule has 0 saturated carbocycles. The van der Waals surface area contributed by atoms with Gasteiger partial charge >= 0.3 is 5.97 Å². The van der Waals surface area contributed by atoms with Gasteiger partial charge in [0.25, 0.3) is 0 Å². The molecule has 0 atom stereocenters. The summed E-state index contributed by atoms with van der Waals surface area (Å²) in [6, 6.07) is 9.30. The third kappa shape index (κ3) is 3.03. The van der Waals surface area contributed by atoms with E-state index >= 15 is 0 Å². The van der Waals surface area contributed by atoms with E-state index in [0.29, 0.717) is 4.80 Å². The molecular formula is C14H14N2O3S. The first-order chi connectivity index (χ1) is 9.49. The molecule has 0 unspecified atom stereocenters. The quantitative estimate of drug-likeness (QED) is 0.799. The van der Waals surface area contributed by atoms with Crippen LogP contribution < -0.4 is 9.54 Å². The minimum atomic E-state index is -0.466. The van der Waals surface area contributed by atoms with Gasteiger partial charge in [-0.3, -0.25) is 9.59 Å². The van der Waals surface area contributed by atoms with Crippen molar-refractivity contribution in [3.63, 3.8) is 0 Å². The number of ether oxygens (including phenoxy) is 1. The standard InChI is InChI=1S/C14H14N2O3S/c1-9-13(19-11(3)18)16(10(2)17)14(20-9)15-12-7-5-4-6-8-12/h4-8H,1-3H3. The highest BCUT2D eigenvalue weighted by molar-refractivity contribution is 7.09. The number of nitrogens with zero attached hydrogens (tertiary/aromatic N) is 2. The van der Waals surface area contributed by atoms with Crippen LogP contribution in [0.5, 0.6) is 5.88 Å². The predicted molar refractivity (Wildman–Crippen MR) is 76.3 cm³/mol. The summed E-state index contributed by atoms with van der Waals surface area (Å²) in [4.78, 5) is 28.6. The van der Waals surface area contributed by atoms with Gasteiger partial charge in [0.1, 0.15) is 0 Å². The number of hydrogen-bond donors (Lipinski definition) is 0. The lowest BCUT2D eigenvalue weighted by atomic mass is 10.3. The summed E-state index contributed by atoms with van der Waals surface area (Å²) in [5.41, 5.74) is 0.734. The van der Waals surface area contributed by atoms with E-state index in [1.165, 1.54) is 29.8 Å². The van der Waals surface area contributed by atoms with Crippen LogP contribution in [0.15, 0.2) is 35.3 Å². The Bertz CT molecular complexity index is 714. The zero-order chi connectivity index (χ0) is 14.7. The zero-order valence-electron chi connectivity index (χ0n) is 11.4. The van der Waals surface area contributed by atoms with Gasteiger partial charge in [0.05, 0.1) is 10.6 Å². The Labute approximate surface area is 120 Å². The zero-order valence-corrected chi connectivity index (χ0v) is 12.2. The van der Waals surface area contributed by atoms with Crippen LogP contribution in [0.4, 0.5) is 5.69 Å². The maximum Gasteiger partial charge on any atom is 0.309 e. The van der Waals surface area contributed by atoms with E-state index in [9.17, 15) is 9.59 Å². The minimum absolute atomic E-state index is 0.240. The first-order valence-corrected chi connectivity index (χ1v) is 6.82. The van der Waals surface area contributed by atoms with E-state index in [1.807, 2.05) is 30.3 Å². The Morgan fingerprint density at radius 1 is 1.20 bits per heavy atom. The highest BCUT2D eigenvalue weighted by Crippen LogP contribution is 2.21. The summed E-state index contributed by atoms with van der Waals surface area (Å²) in [6.45, 7) is 4.49. The number of hydrogen-bond acceptors (Lipinski definition) is 5. The fourth-order valence-corrected chi connectivity index (χ4v) is 2.64. The highest BCUT2D eigenvalue weighted by Gasteiger charge is 2.16. The van der Waals surface area contributed by atoms with E-state index < -0.39 is 5.97 Å². The largest absolute Gasteiger partial charge is 0.408 e. The number of carbonyl (C=O) groups excluding carboxylic acids is 2. The maximum atomic E-state index is 11.8. The van der Waals surface area contributed by atoms with E-state index in [-0.39, 0.29) is 11.8 Å². The van der Waals surface area contributed by atoms with Crippen molar-refractivity contribution in [2.45, 2.75) is 20.8 Å². The van der Waals surface area contributed by atoms with Gasteiger partial charge in [0.2, 0.25) is 11.8 Å². The van der Waals surface area contributed by atoms with Gasteiger partial charge in [0.15, 0.2) is 4.80 Å². The summed E-state index contributed by atoms with van der Waals surface area (Å²) in [5.74, 6) is -0.475. The number of aryl methyl sites for hydroxylation is 1. The second-order valence-corrected chi connectivity index (χ2v) is 5.32. The van der Waals surface area contributed by atoms with Crippen molar-refractivity contribution in [1.29, 1.82) is 0 Å². The van der Waals surface area contributed by atoms with Crippen molar-refractivity contribution in [1.82, 2.24) is 4.57 Å². The van der Waals surface area contributed by atoms with Crippen LogP contribution in [0.2, 0.25) is 0 Å². The number of carbonyl (C=O) groups is 2. The Morgan fingerprint density at radius 2 is 1.85 bits per heavy atom. The second kappa shape index (κ2) is 5.83. The van der Waals surface area contributed by atoms with Crippen LogP contribution in [0.1, 0.15) is 23.5 Å². The first kappa shape index (κ1) is 14.2. The van der Waals surface area contributed by atoms with Crippen LogP contribution in [-0.4, -0.2) is 16.4 Å². The molecule has 0 spiro atoms. The number of rotatable bonds is 2. The van der Waals surface area contributed by atoms with Crippen LogP contribution in [0.3, 0.4) is 0 Å². The van der Waals surface area contributed by atoms with E-state index in [0.717, 1.165) is 10.6 Å². The van der Waals surface area contributed by atoms with Crippen molar-refractivity contribution >= 4 is 28.9 Å². The highest BCUT2D eigenvalue weighted by atomic mass is 32.1. The van der Waals surface area contributed by atoms with Crippen LogP contribution in [-0.2, 0) is 4.79 Å². The number of aromatic nitrogens is 1. The molecule has 0 amide bonds. The SMILES string of the molecule is CC(=O)Oc1c(C)sc(=Nc2ccccc2)n1C(C)=O. The fourth-order valence-electron chi connectivity index (χ4n) is 1.69. The molecule has 1 heterocycles. The van der Waals surface area contributed by atoms with Gasteiger partial charge in [-0.2, -0.15) is 0 Å². The first-order valence-electron chi connectivity index (χ1n) is 6.00. The molecule has 5 nitrogen and oxygen atoms in total. The van der Waals surface area contributed by atoms with Crippen LogP contribution in [0.25, 0.3) is 0 Å². The minimum Gasteiger partial charge on any atom is -0.408 e. The fraction of sp³-hybridized carbons (Fsp3) is 0.214. The molecule has 0 aliphatic heterocycles. The van der Waals surface area contributed by atoms with Gasteiger partial charge in [-0.05, 0) is 19.1 Å². The Balaban J connectivity index is 2.63. The summed E-state index contributed by atoms with van der Waals surface area (Å²) >= 11 is 1.30. The normalized spacial score (nSPS) is 11.4. The van der Waals surface area contributed by atoms with Crippen LogP contribution >= 0.6 is 11.3 Å².